The lowest BCUT2D eigenvalue weighted by molar-refractivity contribution is -0.137. The quantitative estimate of drug-likeness (QED) is 0.182. The molecule has 0 spiro atoms. The van der Waals surface area contributed by atoms with E-state index < -0.39 is 17.8 Å². The van der Waals surface area contributed by atoms with Gasteiger partial charge in [-0.15, -0.1) is 0 Å². The fourth-order valence-corrected chi connectivity index (χ4v) is 3.86. The summed E-state index contributed by atoms with van der Waals surface area (Å²) in [6.07, 6.45) is 3.90. The molecule has 268 valence electrons. The van der Waals surface area contributed by atoms with E-state index in [9.17, 15) is 27.6 Å². The molecule has 0 radical (unpaired) electrons. The van der Waals surface area contributed by atoms with Crippen molar-refractivity contribution in [3.63, 3.8) is 0 Å². The van der Waals surface area contributed by atoms with Gasteiger partial charge in [0.25, 0.3) is 0 Å². The SMILES string of the molecule is CCC.CCCC.CCCc1ccccc1CCCNC(=O)C(CN(C)C)NC(=O)CNC(=O)CC.Cc1cccc(C(F)(F)F)c1. The average Bonchev–Trinajstić information content (AvgIpc) is 3.02. The largest absolute Gasteiger partial charge is 0.416 e. The number of amides is 3. The Labute approximate surface area is 282 Å². The van der Waals surface area contributed by atoms with Crippen molar-refractivity contribution in [2.24, 2.45) is 0 Å². The molecule has 47 heavy (non-hydrogen) atoms. The van der Waals surface area contributed by atoms with Crippen molar-refractivity contribution < 1.29 is 27.6 Å². The Kier molecular flexibility index (Phi) is 26.9. The van der Waals surface area contributed by atoms with E-state index in [2.05, 4.69) is 68.8 Å². The van der Waals surface area contributed by atoms with Gasteiger partial charge in [-0.2, -0.15) is 13.2 Å². The van der Waals surface area contributed by atoms with Crippen molar-refractivity contribution in [3.8, 4) is 0 Å². The topological polar surface area (TPSA) is 90.5 Å². The molecule has 7 nitrogen and oxygen atoms in total. The van der Waals surface area contributed by atoms with Crippen molar-refractivity contribution in [2.75, 3.05) is 33.7 Å². The monoisotopic (exact) mass is 666 g/mol. The van der Waals surface area contributed by atoms with E-state index in [-0.39, 0.29) is 24.3 Å². The van der Waals surface area contributed by atoms with Gasteiger partial charge < -0.3 is 20.9 Å². The van der Waals surface area contributed by atoms with Gasteiger partial charge in [0, 0.05) is 19.5 Å². The minimum absolute atomic E-state index is 0.127. The molecule has 2 aromatic rings. The van der Waals surface area contributed by atoms with Crippen molar-refractivity contribution in [1.29, 1.82) is 0 Å². The van der Waals surface area contributed by atoms with Crippen LogP contribution in [0.5, 0.6) is 0 Å². The van der Waals surface area contributed by atoms with Gasteiger partial charge in [0.1, 0.15) is 6.04 Å². The summed E-state index contributed by atoms with van der Waals surface area (Å²) in [6, 6.07) is 13.0. The van der Waals surface area contributed by atoms with Crippen LogP contribution in [-0.2, 0) is 33.4 Å². The predicted octanol–water partition coefficient (Wildman–Crippen LogP) is 7.50. The maximum absolute atomic E-state index is 12.5. The Morgan fingerprint density at radius 3 is 1.81 bits per heavy atom. The molecule has 0 bridgehead atoms. The first kappa shape index (κ1) is 45.7. The number of carbonyl (C=O) groups is 3. The molecule has 0 saturated heterocycles. The second-order valence-electron chi connectivity index (χ2n) is 11.5. The molecule has 2 aromatic carbocycles. The third-order valence-electron chi connectivity index (χ3n) is 6.37. The number of hydrogen-bond acceptors (Lipinski definition) is 4. The Balaban J connectivity index is 0. The Morgan fingerprint density at radius 1 is 0.787 bits per heavy atom. The maximum Gasteiger partial charge on any atom is 0.416 e. The van der Waals surface area contributed by atoms with Crippen molar-refractivity contribution in [2.45, 2.75) is 112 Å². The summed E-state index contributed by atoms with van der Waals surface area (Å²) >= 11 is 0. The lowest BCUT2D eigenvalue weighted by Crippen LogP contribution is -2.53. The number of benzene rings is 2. The summed E-state index contributed by atoms with van der Waals surface area (Å²) < 4.78 is 35.9. The van der Waals surface area contributed by atoms with Gasteiger partial charge in [0.05, 0.1) is 12.1 Å². The minimum Gasteiger partial charge on any atom is -0.354 e. The first-order valence-electron chi connectivity index (χ1n) is 16.9. The number of rotatable bonds is 14. The van der Waals surface area contributed by atoms with Gasteiger partial charge in [-0.1, -0.05) is 115 Å². The molecule has 3 N–H and O–H groups in total. The molecule has 10 heteroatoms. The lowest BCUT2D eigenvalue weighted by Gasteiger charge is -2.22. The molecular weight excluding hydrogens is 605 g/mol. The third-order valence-corrected chi connectivity index (χ3v) is 6.37. The Morgan fingerprint density at radius 2 is 1.36 bits per heavy atom. The number of unbranched alkanes of at least 4 members (excludes halogenated alkanes) is 1. The highest BCUT2D eigenvalue weighted by molar-refractivity contribution is 5.90. The third kappa shape index (κ3) is 24.4. The second kappa shape index (κ2) is 27.7. The molecule has 0 aliphatic rings. The van der Waals surface area contributed by atoms with Crippen LogP contribution in [-0.4, -0.2) is 62.4 Å². The molecule has 0 fully saturated rings. The highest BCUT2D eigenvalue weighted by Gasteiger charge is 2.30. The average molecular weight is 667 g/mol. The molecular formula is C37H61F3N4O3. The van der Waals surface area contributed by atoms with E-state index in [0.29, 0.717) is 25.1 Å². The lowest BCUT2D eigenvalue weighted by atomic mass is 9.99. The number of alkyl halides is 3. The van der Waals surface area contributed by atoms with Crippen molar-refractivity contribution in [1.82, 2.24) is 20.9 Å². The van der Waals surface area contributed by atoms with Crippen LogP contribution in [0.1, 0.15) is 102 Å². The van der Waals surface area contributed by atoms with Gasteiger partial charge in [-0.05, 0) is 57.5 Å². The molecule has 0 heterocycles. The van der Waals surface area contributed by atoms with Gasteiger partial charge in [0.2, 0.25) is 17.7 Å². The number of nitrogens with zero attached hydrogens (tertiary/aromatic N) is 1. The Bertz CT molecular complexity index is 1120. The summed E-state index contributed by atoms with van der Waals surface area (Å²) in [5, 5.41) is 8.15. The van der Waals surface area contributed by atoms with Gasteiger partial charge in [0.15, 0.2) is 0 Å². The van der Waals surface area contributed by atoms with Crippen molar-refractivity contribution >= 4 is 17.7 Å². The number of likely N-dealkylation sites (N-methyl/N-ethyl adjacent to an activating group) is 1. The van der Waals surface area contributed by atoms with E-state index in [1.807, 2.05) is 25.1 Å². The van der Waals surface area contributed by atoms with Crippen LogP contribution in [0, 0.1) is 6.92 Å². The minimum atomic E-state index is -4.22. The molecule has 1 atom stereocenters. The number of hydrogen-bond donors (Lipinski definition) is 3. The highest BCUT2D eigenvalue weighted by Crippen LogP contribution is 2.29. The van der Waals surface area contributed by atoms with Crippen LogP contribution in [0.25, 0.3) is 0 Å². The van der Waals surface area contributed by atoms with Gasteiger partial charge in [-0.3, -0.25) is 14.4 Å². The van der Waals surface area contributed by atoms with Crippen LogP contribution in [0.15, 0.2) is 48.5 Å². The Hall–Kier alpha value is -3.40. The number of nitrogens with one attached hydrogen (secondary N) is 3. The van der Waals surface area contributed by atoms with Crippen LogP contribution in [0.4, 0.5) is 13.2 Å². The molecule has 2 rings (SSSR count). The summed E-state index contributed by atoms with van der Waals surface area (Å²) in [5.74, 6) is -0.782. The molecule has 0 aromatic heterocycles. The molecule has 0 saturated carbocycles. The summed E-state index contributed by atoms with van der Waals surface area (Å²) in [6.45, 7) is 14.9. The zero-order chi connectivity index (χ0) is 36.3. The highest BCUT2D eigenvalue weighted by atomic mass is 19.4. The standard InChI is InChI=1S/C22H36N4O3.C8H7F3.C4H10.C3H8/c1-5-10-17-11-7-8-12-18(17)13-9-14-23-22(29)19(16-26(3)4)25-21(28)15-24-20(27)6-2;1-6-3-2-4-7(5-6)8(9,10)11;1-3-4-2;1-3-2/h7-8,11-12,19H,5-6,9-10,13-16H2,1-4H3,(H,23,29)(H,24,27)(H,25,28);2-5H,1H3;3-4H2,1-2H3;3H2,1-2H3. The first-order valence-corrected chi connectivity index (χ1v) is 16.9. The van der Waals surface area contributed by atoms with Crippen LogP contribution >= 0.6 is 0 Å². The van der Waals surface area contributed by atoms with E-state index in [1.54, 1.807) is 19.9 Å². The number of halogens is 3. The van der Waals surface area contributed by atoms with Gasteiger partial charge >= 0.3 is 6.18 Å². The number of carbonyl (C=O) groups excluding carboxylic acids is 3. The summed E-state index contributed by atoms with van der Waals surface area (Å²) in [7, 11) is 3.69. The van der Waals surface area contributed by atoms with E-state index in [1.165, 1.54) is 36.5 Å². The van der Waals surface area contributed by atoms with Crippen LogP contribution < -0.4 is 16.0 Å². The normalized spacial score (nSPS) is 11.0. The fraction of sp³-hybridized carbons (Fsp3) is 0.595. The zero-order valence-electron chi connectivity index (χ0n) is 30.3. The smallest absolute Gasteiger partial charge is 0.354 e. The molecule has 1 unspecified atom stereocenters. The van der Waals surface area contributed by atoms with Crippen LogP contribution in [0.3, 0.4) is 0 Å². The van der Waals surface area contributed by atoms with E-state index in [0.717, 1.165) is 37.8 Å². The summed E-state index contributed by atoms with van der Waals surface area (Å²) in [5.41, 5.74) is 2.74. The van der Waals surface area contributed by atoms with Gasteiger partial charge in [-0.25, -0.2) is 0 Å². The maximum atomic E-state index is 12.5. The van der Waals surface area contributed by atoms with Crippen LogP contribution in [0.2, 0.25) is 0 Å². The van der Waals surface area contributed by atoms with E-state index in [4.69, 9.17) is 0 Å². The molecule has 0 aliphatic carbocycles. The second-order valence-corrected chi connectivity index (χ2v) is 11.5. The predicted molar refractivity (Wildman–Crippen MR) is 188 cm³/mol. The van der Waals surface area contributed by atoms with Crippen molar-refractivity contribution in [3.05, 3.63) is 70.8 Å². The number of aryl methyl sites for hydroxylation is 3. The molecule has 3 amide bonds. The summed E-state index contributed by atoms with van der Waals surface area (Å²) in [4.78, 5) is 37.7. The zero-order valence-corrected chi connectivity index (χ0v) is 30.3. The van der Waals surface area contributed by atoms with E-state index >= 15 is 0 Å². The first-order chi connectivity index (χ1) is 22.2. The molecule has 0 aliphatic heterocycles. The fourth-order valence-electron chi connectivity index (χ4n) is 3.86.